The maximum Gasteiger partial charge on any atom is 0.236 e. The Morgan fingerprint density at radius 2 is 2.12 bits per heavy atom. The first-order valence-corrected chi connectivity index (χ1v) is 9.35. The fourth-order valence-electron chi connectivity index (χ4n) is 2.17. The second-order valence-corrected chi connectivity index (χ2v) is 7.28. The lowest BCUT2D eigenvalue weighted by Crippen LogP contribution is -2.14. The fraction of sp³-hybridized carbons (Fsp3) is 0.235. The summed E-state index contributed by atoms with van der Waals surface area (Å²) in [5, 5.41) is 6.15. The van der Waals surface area contributed by atoms with Crippen molar-refractivity contribution in [1.82, 2.24) is 14.5 Å². The molecule has 0 bridgehead atoms. The van der Waals surface area contributed by atoms with Crippen LogP contribution in [-0.4, -0.2) is 26.2 Å². The maximum atomic E-state index is 12.1. The van der Waals surface area contributed by atoms with Gasteiger partial charge in [0, 0.05) is 23.5 Å². The molecule has 0 radical (unpaired) electrons. The number of amides is 1. The van der Waals surface area contributed by atoms with Crippen molar-refractivity contribution in [3.8, 4) is 5.69 Å². The van der Waals surface area contributed by atoms with Crippen molar-refractivity contribution >= 4 is 34.1 Å². The highest BCUT2D eigenvalue weighted by molar-refractivity contribution is 7.99. The molecular formula is C17H18N4OS2. The summed E-state index contributed by atoms with van der Waals surface area (Å²) < 4.78 is 2.00. The molecule has 0 unspecified atom stereocenters. The van der Waals surface area contributed by atoms with Gasteiger partial charge in [0.25, 0.3) is 0 Å². The number of thiazole rings is 1. The molecule has 7 heteroatoms. The van der Waals surface area contributed by atoms with E-state index < -0.39 is 0 Å². The number of hydrogen-bond acceptors (Lipinski definition) is 5. The normalized spacial score (nSPS) is 10.8. The highest BCUT2D eigenvalue weighted by atomic mass is 32.2. The number of carbonyl (C=O) groups is 1. The van der Waals surface area contributed by atoms with E-state index in [1.807, 2.05) is 23.1 Å². The van der Waals surface area contributed by atoms with Crippen molar-refractivity contribution < 1.29 is 4.79 Å². The molecule has 1 N–H and O–H groups in total. The van der Waals surface area contributed by atoms with Crippen molar-refractivity contribution in [3.63, 3.8) is 0 Å². The van der Waals surface area contributed by atoms with Crippen molar-refractivity contribution in [2.75, 3.05) is 11.1 Å². The van der Waals surface area contributed by atoms with E-state index in [2.05, 4.69) is 47.3 Å². The second-order valence-electron chi connectivity index (χ2n) is 5.48. The molecule has 0 aliphatic rings. The SMILES string of the molecule is Cc1csc(NC(=O)CSc2nccn2-c2ccc(C)c(C)c2)n1. The standard InChI is InChI=1S/C17H18N4OS2/c1-11-4-5-14(8-12(11)2)21-7-6-18-17(21)24-10-15(22)20-16-19-13(3)9-23-16/h4-9H,10H2,1-3H3,(H,19,20,22). The van der Waals surface area contributed by atoms with E-state index in [0.717, 1.165) is 16.5 Å². The van der Waals surface area contributed by atoms with Crippen LogP contribution in [-0.2, 0) is 4.79 Å². The van der Waals surface area contributed by atoms with Gasteiger partial charge in [0.15, 0.2) is 10.3 Å². The van der Waals surface area contributed by atoms with Gasteiger partial charge in [-0.25, -0.2) is 9.97 Å². The Labute approximate surface area is 149 Å². The Hall–Kier alpha value is -2.12. The molecule has 124 valence electrons. The van der Waals surface area contributed by atoms with Crippen LogP contribution in [0.4, 0.5) is 5.13 Å². The van der Waals surface area contributed by atoms with Gasteiger partial charge < -0.3 is 5.32 Å². The predicted octanol–water partition coefficient (Wildman–Crippen LogP) is 3.98. The van der Waals surface area contributed by atoms with Gasteiger partial charge in [-0.05, 0) is 44.0 Å². The molecule has 24 heavy (non-hydrogen) atoms. The molecule has 0 atom stereocenters. The summed E-state index contributed by atoms with van der Waals surface area (Å²) in [6, 6.07) is 6.28. The molecule has 2 aromatic heterocycles. The minimum Gasteiger partial charge on any atom is -0.301 e. The molecular weight excluding hydrogens is 340 g/mol. The third kappa shape index (κ3) is 3.85. The Bertz CT molecular complexity index is 869. The zero-order valence-corrected chi connectivity index (χ0v) is 15.4. The number of hydrogen-bond donors (Lipinski definition) is 1. The molecule has 0 aliphatic heterocycles. The van der Waals surface area contributed by atoms with Crippen LogP contribution in [0, 0.1) is 20.8 Å². The van der Waals surface area contributed by atoms with Gasteiger partial charge in [-0.2, -0.15) is 0 Å². The van der Waals surface area contributed by atoms with Gasteiger partial charge in [0.05, 0.1) is 11.4 Å². The van der Waals surface area contributed by atoms with E-state index in [1.165, 1.54) is 34.2 Å². The number of nitrogens with zero attached hydrogens (tertiary/aromatic N) is 3. The third-order valence-electron chi connectivity index (χ3n) is 3.57. The van der Waals surface area contributed by atoms with E-state index in [9.17, 15) is 4.79 Å². The van der Waals surface area contributed by atoms with Gasteiger partial charge in [0.1, 0.15) is 0 Å². The quantitative estimate of drug-likeness (QED) is 0.701. The first-order valence-electron chi connectivity index (χ1n) is 7.48. The molecule has 1 amide bonds. The minimum absolute atomic E-state index is 0.0796. The zero-order valence-electron chi connectivity index (χ0n) is 13.7. The highest BCUT2D eigenvalue weighted by Crippen LogP contribution is 2.22. The van der Waals surface area contributed by atoms with E-state index in [-0.39, 0.29) is 5.91 Å². The van der Waals surface area contributed by atoms with E-state index in [1.54, 1.807) is 6.20 Å². The Balaban J connectivity index is 1.67. The van der Waals surface area contributed by atoms with E-state index in [0.29, 0.717) is 10.9 Å². The van der Waals surface area contributed by atoms with Crippen LogP contribution in [0.5, 0.6) is 0 Å². The molecule has 0 aliphatic carbocycles. The topological polar surface area (TPSA) is 59.8 Å². The number of imidazole rings is 1. The van der Waals surface area contributed by atoms with Gasteiger partial charge in [-0.3, -0.25) is 9.36 Å². The van der Waals surface area contributed by atoms with Crippen LogP contribution >= 0.6 is 23.1 Å². The van der Waals surface area contributed by atoms with Crippen molar-refractivity contribution in [3.05, 3.63) is 52.8 Å². The smallest absolute Gasteiger partial charge is 0.236 e. The van der Waals surface area contributed by atoms with Crippen LogP contribution in [0.1, 0.15) is 16.8 Å². The number of benzene rings is 1. The van der Waals surface area contributed by atoms with Gasteiger partial charge >= 0.3 is 0 Å². The molecule has 1 aromatic carbocycles. The van der Waals surface area contributed by atoms with Crippen molar-refractivity contribution in [1.29, 1.82) is 0 Å². The fourth-order valence-corrected chi connectivity index (χ4v) is 3.64. The number of anilines is 1. The lowest BCUT2D eigenvalue weighted by molar-refractivity contribution is -0.113. The number of thioether (sulfide) groups is 1. The lowest BCUT2D eigenvalue weighted by Gasteiger charge is -2.09. The first-order chi connectivity index (χ1) is 11.5. The molecule has 5 nitrogen and oxygen atoms in total. The third-order valence-corrected chi connectivity index (χ3v) is 5.42. The van der Waals surface area contributed by atoms with Crippen LogP contribution < -0.4 is 5.32 Å². The maximum absolute atomic E-state index is 12.1. The van der Waals surface area contributed by atoms with Gasteiger partial charge in [0.2, 0.25) is 5.91 Å². The molecule has 0 fully saturated rings. The molecule has 3 aromatic rings. The highest BCUT2D eigenvalue weighted by Gasteiger charge is 2.11. The van der Waals surface area contributed by atoms with Crippen LogP contribution in [0.25, 0.3) is 5.69 Å². The summed E-state index contributed by atoms with van der Waals surface area (Å²) >= 11 is 2.84. The van der Waals surface area contributed by atoms with Crippen LogP contribution in [0.15, 0.2) is 41.1 Å². The average Bonchev–Trinajstić information content (AvgIpc) is 3.17. The Morgan fingerprint density at radius 1 is 1.29 bits per heavy atom. The largest absolute Gasteiger partial charge is 0.301 e. The van der Waals surface area contributed by atoms with Crippen molar-refractivity contribution in [2.24, 2.45) is 0 Å². The Kier molecular flexibility index (Phi) is 5.01. The summed E-state index contributed by atoms with van der Waals surface area (Å²) in [4.78, 5) is 20.7. The molecule has 0 spiro atoms. The summed E-state index contributed by atoms with van der Waals surface area (Å²) in [7, 11) is 0. The van der Waals surface area contributed by atoms with E-state index in [4.69, 9.17) is 0 Å². The summed E-state index contributed by atoms with van der Waals surface area (Å²) in [6.45, 7) is 6.08. The average molecular weight is 358 g/mol. The lowest BCUT2D eigenvalue weighted by atomic mass is 10.1. The summed E-state index contributed by atoms with van der Waals surface area (Å²) in [6.07, 6.45) is 3.66. The van der Waals surface area contributed by atoms with Gasteiger partial charge in [-0.1, -0.05) is 17.8 Å². The van der Waals surface area contributed by atoms with Crippen LogP contribution in [0.3, 0.4) is 0 Å². The number of aryl methyl sites for hydroxylation is 3. The molecule has 0 saturated carbocycles. The van der Waals surface area contributed by atoms with Crippen molar-refractivity contribution in [2.45, 2.75) is 25.9 Å². The monoisotopic (exact) mass is 358 g/mol. The second kappa shape index (κ2) is 7.19. The number of aromatic nitrogens is 3. The van der Waals surface area contributed by atoms with E-state index >= 15 is 0 Å². The minimum atomic E-state index is -0.0796. The van der Waals surface area contributed by atoms with Crippen LogP contribution in [0.2, 0.25) is 0 Å². The molecule has 2 heterocycles. The summed E-state index contributed by atoms with van der Waals surface area (Å²) in [5.41, 5.74) is 4.45. The number of nitrogens with one attached hydrogen (secondary N) is 1. The molecule has 0 saturated heterocycles. The summed E-state index contributed by atoms with van der Waals surface area (Å²) in [5.74, 6) is 0.213. The van der Waals surface area contributed by atoms with Gasteiger partial charge in [-0.15, -0.1) is 11.3 Å². The predicted molar refractivity (Wildman–Crippen MR) is 99.2 cm³/mol. The first kappa shape index (κ1) is 16.7. The zero-order chi connectivity index (χ0) is 17.1. The number of rotatable bonds is 5. The number of carbonyl (C=O) groups excluding carboxylic acids is 1. The molecule has 3 rings (SSSR count). The Morgan fingerprint density at radius 3 is 2.83 bits per heavy atom.